The minimum atomic E-state index is -0.818. The van der Waals surface area contributed by atoms with Crippen molar-refractivity contribution in [2.45, 2.75) is 169 Å². The molecule has 4 aromatic rings. The maximum absolute atomic E-state index is 11.6. The fourth-order valence-electron chi connectivity index (χ4n) is 9.19. The molecule has 0 amide bonds. The molecule has 10 nitrogen and oxygen atoms in total. The van der Waals surface area contributed by atoms with Crippen LogP contribution in [0.4, 0.5) is 0 Å². The lowest BCUT2D eigenvalue weighted by molar-refractivity contribution is -0.138. The summed E-state index contributed by atoms with van der Waals surface area (Å²) >= 11 is 0. The summed E-state index contributed by atoms with van der Waals surface area (Å²) < 4.78 is 40.0. The van der Waals surface area contributed by atoms with Crippen LogP contribution < -0.4 is 18.9 Å². The van der Waals surface area contributed by atoms with Crippen molar-refractivity contribution in [3.05, 3.63) is 115 Å². The highest BCUT2D eigenvalue weighted by atomic mass is 16.6. The van der Waals surface area contributed by atoms with Crippen LogP contribution in [-0.2, 0) is 66.4 Å². The number of hydrogen-bond acceptors (Lipinski definition) is 8. The highest BCUT2D eigenvalue weighted by Gasteiger charge is 2.30. The molecule has 0 saturated heterocycles. The molecule has 10 bridgehead atoms. The smallest absolute Gasteiger partial charge is 0.303 e. The molecular formula is C60H82O10. The molecule has 0 spiro atoms. The van der Waals surface area contributed by atoms with Gasteiger partial charge in [0.2, 0.25) is 0 Å². The molecule has 0 unspecified atom stereocenters. The highest BCUT2D eigenvalue weighted by molar-refractivity contribution is 5.67. The van der Waals surface area contributed by atoms with Crippen LogP contribution in [0.2, 0.25) is 0 Å². The van der Waals surface area contributed by atoms with Gasteiger partial charge in [0.1, 0.15) is 36.2 Å². The zero-order valence-corrected chi connectivity index (χ0v) is 44.5. The Morgan fingerprint density at radius 2 is 0.671 bits per heavy atom. The molecule has 382 valence electrons. The van der Waals surface area contributed by atoms with Gasteiger partial charge in [0.05, 0.1) is 39.6 Å². The van der Waals surface area contributed by atoms with E-state index in [1.165, 1.54) is 22.3 Å². The highest BCUT2D eigenvalue weighted by Crippen LogP contribution is 2.44. The number of carboxylic acid groups (broad SMARTS) is 2. The molecule has 0 atom stereocenters. The first-order valence-electron chi connectivity index (χ1n) is 25.6. The standard InChI is InChI=1S/C60H82O10/c1-57(2,3)47-31-39-27-40-32-48(58(4,5)6)34-42(54(40)68-20-16-14-18-52(63)64)29-44-36-50(60(10,11)12)38-46-30-45-37-49(59(7,8)9)35-43(28-41(33-47)53(39)67-19-15-13-17-51(61)62)55(45)69-25-23-65-21-22-66-24-26-70-56(44)46/h31-38H,13-30H2,1-12H3,(H,61,62)(H,63,64). The minimum Gasteiger partial charge on any atom is -0.493 e. The molecule has 70 heavy (non-hydrogen) atoms. The Labute approximate surface area is 418 Å². The first-order valence-corrected chi connectivity index (χ1v) is 25.6. The molecule has 1 aliphatic carbocycles. The third-order valence-electron chi connectivity index (χ3n) is 13.3. The van der Waals surface area contributed by atoms with Gasteiger partial charge >= 0.3 is 11.9 Å². The summed E-state index contributed by atoms with van der Waals surface area (Å²) in [5.41, 5.74) is 12.2. The molecule has 4 aromatic carbocycles. The van der Waals surface area contributed by atoms with Gasteiger partial charge < -0.3 is 38.6 Å². The first kappa shape index (κ1) is 54.3. The lowest BCUT2D eigenvalue weighted by Gasteiger charge is -2.29. The number of fused-ring (bicyclic) bond motifs is 4. The fraction of sp³-hybridized carbons (Fsp3) is 0.567. The van der Waals surface area contributed by atoms with Gasteiger partial charge in [-0.3, -0.25) is 9.59 Å². The fourth-order valence-corrected chi connectivity index (χ4v) is 9.19. The van der Waals surface area contributed by atoms with Crippen LogP contribution in [-0.4, -0.2) is 75.0 Å². The van der Waals surface area contributed by atoms with Crippen molar-refractivity contribution >= 4 is 11.9 Å². The predicted molar refractivity (Wildman–Crippen MR) is 278 cm³/mol. The number of hydrogen-bond donors (Lipinski definition) is 2. The van der Waals surface area contributed by atoms with Gasteiger partial charge in [0.15, 0.2) is 0 Å². The van der Waals surface area contributed by atoms with E-state index in [9.17, 15) is 19.8 Å². The quantitative estimate of drug-likeness (QED) is 0.117. The van der Waals surface area contributed by atoms with E-state index in [-0.39, 0.29) is 34.5 Å². The Morgan fingerprint density at radius 3 is 0.957 bits per heavy atom. The second kappa shape index (κ2) is 23.0. The Balaban J connectivity index is 1.74. The van der Waals surface area contributed by atoms with Gasteiger partial charge in [-0.2, -0.15) is 0 Å². The van der Waals surface area contributed by atoms with Crippen molar-refractivity contribution in [1.29, 1.82) is 0 Å². The number of carbonyl (C=O) groups is 2. The van der Waals surface area contributed by atoms with Crippen LogP contribution in [0.25, 0.3) is 0 Å². The monoisotopic (exact) mass is 963 g/mol. The number of aliphatic carboxylic acids is 2. The van der Waals surface area contributed by atoms with Gasteiger partial charge in [-0.1, -0.05) is 132 Å². The van der Waals surface area contributed by atoms with Crippen LogP contribution in [0.5, 0.6) is 23.0 Å². The van der Waals surface area contributed by atoms with Crippen LogP contribution in [0.1, 0.15) is 188 Å². The maximum atomic E-state index is 11.6. The van der Waals surface area contributed by atoms with Crippen LogP contribution in [0.15, 0.2) is 48.5 Å². The van der Waals surface area contributed by atoms with E-state index < -0.39 is 11.9 Å². The Bertz CT molecular complexity index is 2280. The molecule has 0 aromatic heterocycles. The van der Waals surface area contributed by atoms with Gasteiger partial charge in [0.25, 0.3) is 0 Å². The van der Waals surface area contributed by atoms with Gasteiger partial charge in [-0.25, -0.2) is 0 Å². The van der Waals surface area contributed by atoms with E-state index in [4.69, 9.17) is 28.4 Å². The number of rotatable bonds is 12. The maximum Gasteiger partial charge on any atom is 0.303 e. The second-order valence-electron chi connectivity index (χ2n) is 23.5. The van der Waals surface area contributed by atoms with E-state index in [1.54, 1.807) is 0 Å². The summed E-state index contributed by atoms with van der Waals surface area (Å²) in [5, 5.41) is 19.0. The lowest BCUT2D eigenvalue weighted by atomic mass is 9.79. The van der Waals surface area contributed by atoms with E-state index in [1.807, 2.05) is 0 Å². The summed E-state index contributed by atoms with van der Waals surface area (Å²) in [6.07, 6.45) is 4.39. The van der Waals surface area contributed by atoms with Crippen LogP contribution in [0, 0.1) is 0 Å². The molecule has 2 N–H and O–H groups in total. The Hall–Kier alpha value is -5.06. The summed E-state index contributed by atoms with van der Waals surface area (Å²) in [6.45, 7) is 30.1. The topological polar surface area (TPSA) is 130 Å². The predicted octanol–water partition coefficient (Wildman–Crippen LogP) is 12.6. The van der Waals surface area contributed by atoms with E-state index >= 15 is 0 Å². The van der Waals surface area contributed by atoms with E-state index in [0.717, 1.165) is 67.5 Å². The first-order chi connectivity index (χ1) is 32.9. The molecule has 0 fully saturated rings. The largest absolute Gasteiger partial charge is 0.493 e. The van der Waals surface area contributed by atoms with Crippen molar-refractivity contribution < 1.29 is 48.2 Å². The van der Waals surface area contributed by atoms with Crippen LogP contribution >= 0.6 is 0 Å². The van der Waals surface area contributed by atoms with Gasteiger partial charge in [-0.05, 0) is 114 Å². The molecule has 0 radical (unpaired) electrons. The van der Waals surface area contributed by atoms with Crippen molar-refractivity contribution in [3.8, 4) is 23.0 Å². The van der Waals surface area contributed by atoms with Crippen LogP contribution in [0.3, 0.4) is 0 Å². The zero-order chi connectivity index (χ0) is 51.0. The van der Waals surface area contributed by atoms with Gasteiger partial charge in [-0.15, -0.1) is 0 Å². The number of carboxylic acids is 2. The average Bonchev–Trinajstić information content (AvgIpc) is 3.25. The molecule has 1 aliphatic heterocycles. The summed E-state index contributed by atoms with van der Waals surface area (Å²) in [6, 6.07) is 18.5. The Kier molecular flexibility index (Phi) is 17.8. The molecule has 2 aliphatic rings. The normalized spacial score (nSPS) is 15.1. The average molecular weight is 963 g/mol. The number of unbranched alkanes of at least 4 members (excludes halogenated alkanes) is 2. The molecule has 10 heteroatoms. The summed E-state index contributed by atoms with van der Waals surface area (Å²) in [5.74, 6) is 1.60. The summed E-state index contributed by atoms with van der Waals surface area (Å²) in [4.78, 5) is 23.2. The van der Waals surface area contributed by atoms with Crippen molar-refractivity contribution in [2.24, 2.45) is 0 Å². The second-order valence-corrected chi connectivity index (χ2v) is 23.5. The van der Waals surface area contributed by atoms with E-state index in [2.05, 4.69) is 132 Å². The SMILES string of the molecule is CC(C)(C)c1cc2c(OCCCCC(=O)O)c(c1)Cc1cc(C(C)(C)C)cc3c1OCCOCCOCCOc1c(cc(C(C)(C)C)cc1C3)Cc1cc(C(C)(C)C)cc(c1OCCCCC(=O)O)C2. The van der Waals surface area contributed by atoms with E-state index in [0.29, 0.717) is 104 Å². The number of benzene rings is 4. The molecule has 1 heterocycles. The lowest BCUT2D eigenvalue weighted by Crippen LogP contribution is -2.18. The number of ether oxygens (including phenoxy) is 6. The van der Waals surface area contributed by atoms with Gasteiger partial charge in [0, 0.05) is 38.5 Å². The van der Waals surface area contributed by atoms with Crippen molar-refractivity contribution in [2.75, 3.05) is 52.9 Å². The zero-order valence-electron chi connectivity index (χ0n) is 44.5. The molecular weight excluding hydrogens is 881 g/mol. The van der Waals surface area contributed by atoms with Crippen molar-refractivity contribution in [3.63, 3.8) is 0 Å². The molecule has 0 saturated carbocycles. The molecule has 6 rings (SSSR count). The Morgan fingerprint density at radius 1 is 0.414 bits per heavy atom. The third-order valence-corrected chi connectivity index (χ3v) is 13.3. The van der Waals surface area contributed by atoms with Crippen molar-refractivity contribution in [1.82, 2.24) is 0 Å². The summed E-state index contributed by atoms with van der Waals surface area (Å²) in [7, 11) is 0. The minimum absolute atomic E-state index is 0.0768. The third kappa shape index (κ3) is 14.8.